The van der Waals surface area contributed by atoms with E-state index in [1.54, 1.807) is 0 Å². The molecule has 1 heterocycles. The number of carbonyl (C=O) groups excluding carboxylic acids is 2. The molecule has 88 valence electrons. The first-order valence-corrected chi connectivity index (χ1v) is 5.30. The Kier molecular flexibility index (Phi) is 6.96. The van der Waals surface area contributed by atoms with Crippen LogP contribution in [0.4, 0.5) is 0 Å². The van der Waals surface area contributed by atoms with E-state index in [1.807, 2.05) is 20.8 Å². The molecule has 0 spiro atoms. The molecular formula is C11H21NO3. The summed E-state index contributed by atoms with van der Waals surface area (Å²) in [6.07, 6.45) is 4.46. The van der Waals surface area contributed by atoms with Gasteiger partial charge in [0.05, 0.1) is 6.04 Å². The van der Waals surface area contributed by atoms with E-state index < -0.39 is 0 Å². The lowest BCUT2D eigenvalue weighted by molar-refractivity contribution is -0.138. The van der Waals surface area contributed by atoms with Crippen LogP contribution in [0.1, 0.15) is 40.0 Å². The Morgan fingerprint density at radius 1 is 1.27 bits per heavy atom. The Morgan fingerprint density at radius 2 is 1.93 bits per heavy atom. The minimum Gasteiger partial charge on any atom is -0.462 e. The van der Waals surface area contributed by atoms with Crippen LogP contribution in [0.25, 0.3) is 0 Å². The van der Waals surface area contributed by atoms with Crippen molar-refractivity contribution >= 4 is 12.8 Å². The number of hydrogen-bond acceptors (Lipinski definition) is 4. The smallest absolute Gasteiger partial charge is 0.293 e. The lowest BCUT2D eigenvalue weighted by Crippen LogP contribution is -2.34. The Morgan fingerprint density at radius 3 is 2.13 bits per heavy atom. The zero-order chi connectivity index (χ0) is 11.7. The first-order chi connectivity index (χ1) is 6.99. The van der Waals surface area contributed by atoms with Crippen LogP contribution < -0.4 is 5.32 Å². The molecule has 15 heavy (non-hydrogen) atoms. The largest absolute Gasteiger partial charge is 0.462 e. The maximum atomic E-state index is 10.1. The van der Waals surface area contributed by atoms with Gasteiger partial charge in [-0.05, 0) is 40.2 Å². The van der Waals surface area contributed by atoms with Gasteiger partial charge >= 0.3 is 0 Å². The molecule has 0 aromatic rings. The average Bonchev–Trinajstić information content (AvgIpc) is 2.18. The molecule has 0 aliphatic carbocycles. The minimum atomic E-state index is -0.318. The predicted molar refractivity (Wildman–Crippen MR) is 58.6 cm³/mol. The van der Waals surface area contributed by atoms with Gasteiger partial charge < -0.3 is 14.8 Å². The second kappa shape index (κ2) is 7.40. The summed E-state index contributed by atoms with van der Waals surface area (Å²) in [4.78, 5) is 19.7. The van der Waals surface area contributed by atoms with Gasteiger partial charge in [0.1, 0.15) is 11.9 Å². The molecule has 1 fully saturated rings. The summed E-state index contributed by atoms with van der Waals surface area (Å²) in [5.74, 6) is 0. The molecule has 0 unspecified atom stereocenters. The SMILES string of the molecule is CC(C)(C)OC=O.O=C[C@@H]1CCCCN1. The maximum absolute atomic E-state index is 10.1. The monoisotopic (exact) mass is 215 g/mol. The number of piperidine rings is 1. The number of rotatable bonds is 2. The third-order valence-electron chi connectivity index (χ3n) is 1.91. The van der Waals surface area contributed by atoms with Crippen LogP contribution in [0, 0.1) is 0 Å². The van der Waals surface area contributed by atoms with Gasteiger partial charge in [0.25, 0.3) is 6.47 Å². The third-order valence-corrected chi connectivity index (χ3v) is 1.91. The van der Waals surface area contributed by atoms with Crippen molar-refractivity contribution in [1.29, 1.82) is 0 Å². The molecule has 0 bridgehead atoms. The molecule has 1 saturated heterocycles. The van der Waals surface area contributed by atoms with Crippen LogP contribution >= 0.6 is 0 Å². The molecule has 1 aliphatic heterocycles. The van der Waals surface area contributed by atoms with Crippen LogP contribution in [-0.4, -0.2) is 30.9 Å². The van der Waals surface area contributed by atoms with Gasteiger partial charge in [-0.2, -0.15) is 0 Å². The molecule has 0 aromatic heterocycles. The normalized spacial score (nSPS) is 20.9. The summed E-state index contributed by atoms with van der Waals surface area (Å²) in [5, 5.41) is 3.10. The topological polar surface area (TPSA) is 55.4 Å². The molecule has 0 aromatic carbocycles. The van der Waals surface area contributed by atoms with Gasteiger partial charge in [0, 0.05) is 0 Å². The van der Waals surface area contributed by atoms with Gasteiger partial charge in [-0.15, -0.1) is 0 Å². The molecule has 0 saturated carbocycles. The number of carbonyl (C=O) groups is 2. The van der Waals surface area contributed by atoms with Crippen molar-refractivity contribution in [1.82, 2.24) is 5.32 Å². The first-order valence-electron chi connectivity index (χ1n) is 5.30. The van der Waals surface area contributed by atoms with Crippen LogP contribution in [0.3, 0.4) is 0 Å². The first kappa shape index (κ1) is 14.1. The molecule has 0 amide bonds. The van der Waals surface area contributed by atoms with Gasteiger partial charge in [0.15, 0.2) is 0 Å². The van der Waals surface area contributed by atoms with E-state index in [2.05, 4.69) is 10.1 Å². The van der Waals surface area contributed by atoms with Crippen LogP contribution in [0.5, 0.6) is 0 Å². The van der Waals surface area contributed by atoms with Crippen LogP contribution in [0.15, 0.2) is 0 Å². The Labute approximate surface area is 91.4 Å². The highest BCUT2D eigenvalue weighted by Gasteiger charge is 2.09. The van der Waals surface area contributed by atoms with Crippen molar-refractivity contribution < 1.29 is 14.3 Å². The zero-order valence-corrected chi connectivity index (χ0v) is 9.79. The lowest BCUT2D eigenvalue weighted by Gasteiger charge is -2.17. The average molecular weight is 215 g/mol. The van der Waals surface area contributed by atoms with Gasteiger partial charge in [-0.1, -0.05) is 6.42 Å². The Bertz CT molecular complexity index is 181. The molecule has 1 aliphatic rings. The summed E-state index contributed by atoms with van der Waals surface area (Å²) in [7, 11) is 0. The second-order valence-corrected chi connectivity index (χ2v) is 4.52. The number of nitrogens with one attached hydrogen (secondary N) is 1. The van der Waals surface area contributed by atoms with Crippen molar-refractivity contribution in [3.63, 3.8) is 0 Å². The molecule has 1 rings (SSSR count). The summed E-state index contributed by atoms with van der Waals surface area (Å²) in [5.41, 5.74) is -0.318. The Hall–Kier alpha value is -0.900. The highest BCUT2D eigenvalue weighted by atomic mass is 16.5. The number of aldehydes is 1. The van der Waals surface area contributed by atoms with E-state index in [4.69, 9.17) is 0 Å². The molecule has 4 nitrogen and oxygen atoms in total. The van der Waals surface area contributed by atoms with Crippen molar-refractivity contribution in [2.24, 2.45) is 0 Å². The van der Waals surface area contributed by atoms with E-state index in [9.17, 15) is 9.59 Å². The van der Waals surface area contributed by atoms with Gasteiger partial charge in [0.2, 0.25) is 0 Å². The third kappa shape index (κ3) is 9.41. The molecule has 0 radical (unpaired) electrons. The molecule has 4 heteroatoms. The highest BCUT2D eigenvalue weighted by molar-refractivity contribution is 5.57. The fraction of sp³-hybridized carbons (Fsp3) is 0.818. The number of hydrogen-bond donors (Lipinski definition) is 1. The Balaban J connectivity index is 0.000000265. The minimum absolute atomic E-state index is 0.156. The summed E-state index contributed by atoms with van der Waals surface area (Å²) in [6.45, 7) is 6.94. The van der Waals surface area contributed by atoms with Crippen molar-refractivity contribution in [2.75, 3.05) is 6.54 Å². The standard InChI is InChI=1S/C6H11NO.C5H10O2/c8-5-6-3-1-2-4-7-6;1-5(2,3)7-4-6/h5-7H,1-4H2;4H,1-3H3/t6-;/m0./s1. The quantitative estimate of drug-likeness (QED) is 0.705. The highest BCUT2D eigenvalue weighted by Crippen LogP contribution is 2.03. The van der Waals surface area contributed by atoms with E-state index >= 15 is 0 Å². The van der Waals surface area contributed by atoms with Gasteiger partial charge in [-0.3, -0.25) is 4.79 Å². The number of ether oxygens (including phenoxy) is 1. The van der Waals surface area contributed by atoms with E-state index in [-0.39, 0.29) is 11.6 Å². The zero-order valence-electron chi connectivity index (χ0n) is 9.79. The lowest BCUT2D eigenvalue weighted by atomic mass is 10.1. The molecular weight excluding hydrogens is 194 g/mol. The molecule has 1 N–H and O–H groups in total. The van der Waals surface area contributed by atoms with Gasteiger partial charge in [-0.25, -0.2) is 0 Å². The van der Waals surface area contributed by atoms with E-state index in [1.165, 1.54) is 12.8 Å². The summed E-state index contributed by atoms with van der Waals surface area (Å²) in [6, 6.07) is 0.156. The fourth-order valence-electron chi connectivity index (χ4n) is 1.14. The summed E-state index contributed by atoms with van der Waals surface area (Å²) < 4.78 is 4.55. The maximum Gasteiger partial charge on any atom is 0.293 e. The van der Waals surface area contributed by atoms with Crippen LogP contribution in [0.2, 0.25) is 0 Å². The summed E-state index contributed by atoms with van der Waals surface area (Å²) >= 11 is 0. The van der Waals surface area contributed by atoms with Crippen molar-refractivity contribution in [3.8, 4) is 0 Å². The van der Waals surface area contributed by atoms with Crippen LogP contribution in [-0.2, 0) is 14.3 Å². The van der Waals surface area contributed by atoms with Crippen molar-refractivity contribution in [3.05, 3.63) is 0 Å². The molecule has 1 atom stereocenters. The second-order valence-electron chi connectivity index (χ2n) is 4.52. The van der Waals surface area contributed by atoms with E-state index in [0.717, 1.165) is 19.3 Å². The predicted octanol–water partition coefficient (Wildman–Crippen LogP) is 1.29. The fourth-order valence-corrected chi connectivity index (χ4v) is 1.14. The van der Waals surface area contributed by atoms with E-state index in [0.29, 0.717) is 6.47 Å². The van der Waals surface area contributed by atoms with Crippen molar-refractivity contribution in [2.45, 2.75) is 51.7 Å².